The summed E-state index contributed by atoms with van der Waals surface area (Å²) in [5.74, 6) is -0.307. The third kappa shape index (κ3) is 1.55. The highest BCUT2D eigenvalue weighted by molar-refractivity contribution is 5.99. The number of fused-ring (bicyclic) bond motifs is 3. The van der Waals surface area contributed by atoms with Crippen LogP contribution in [0.5, 0.6) is 0 Å². The second-order valence-electron chi connectivity index (χ2n) is 9.70. The SMILES string of the molecule is COC(=O)[C@@H]1C[C@@]23CCCN4CC[C@@]5(c6ccccc6N(C(C)=O)[C@@]15CC2)[C@H]43. The fraction of sp³-hybridized carbons (Fsp3) is 0.652. The van der Waals surface area contributed by atoms with E-state index in [0.717, 1.165) is 44.5 Å². The average molecular weight is 380 g/mol. The molecule has 5 atom stereocenters. The predicted molar refractivity (Wildman–Crippen MR) is 105 cm³/mol. The molecule has 3 heterocycles. The van der Waals surface area contributed by atoms with E-state index in [0.29, 0.717) is 6.04 Å². The summed E-state index contributed by atoms with van der Waals surface area (Å²) in [4.78, 5) is 31.0. The van der Waals surface area contributed by atoms with Gasteiger partial charge in [0.25, 0.3) is 0 Å². The Kier molecular flexibility index (Phi) is 3.15. The van der Waals surface area contributed by atoms with Gasteiger partial charge in [-0.3, -0.25) is 14.5 Å². The van der Waals surface area contributed by atoms with Gasteiger partial charge >= 0.3 is 5.97 Å². The lowest BCUT2D eigenvalue weighted by molar-refractivity contribution is -0.175. The quantitative estimate of drug-likeness (QED) is 0.703. The summed E-state index contributed by atoms with van der Waals surface area (Å²) in [6.07, 6.45) is 6.33. The first-order valence-corrected chi connectivity index (χ1v) is 10.7. The monoisotopic (exact) mass is 380 g/mol. The van der Waals surface area contributed by atoms with Gasteiger partial charge in [0.2, 0.25) is 5.91 Å². The molecule has 1 aromatic carbocycles. The van der Waals surface area contributed by atoms with Crippen LogP contribution in [0.3, 0.4) is 0 Å². The molecule has 1 aromatic rings. The molecule has 3 aliphatic heterocycles. The Morgan fingerprint density at radius 3 is 2.71 bits per heavy atom. The molecule has 0 N–H and O–H groups in total. The van der Waals surface area contributed by atoms with Crippen LogP contribution < -0.4 is 4.90 Å². The van der Waals surface area contributed by atoms with Crippen LogP contribution in [0.25, 0.3) is 0 Å². The molecule has 28 heavy (non-hydrogen) atoms. The van der Waals surface area contributed by atoms with Crippen LogP contribution in [0.2, 0.25) is 0 Å². The summed E-state index contributed by atoms with van der Waals surface area (Å²) in [5, 5.41) is 0. The summed E-state index contributed by atoms with van der Waals surface area (Å²) in [7, 11) is 1.51. The summed E-state index contributed by atoms with van der Waals surface area (Å²) in [6.45, 7) is 3.89. The molecule has 2 bridgehead atoms. The van der Waals surface area contributed by atoms with Crippen LogP contribution in [0.4, 0.5) is 5.69 Å². The van der Waals surface area contributed by atoms with Crippen molar-refractivity contribution < 1.29 is 14.3 Å². The van der Waals surface area contributed by atoms with Crippen molar-refractivity contribution in [2.45, 2.75) is 62.4 Å². The van der Waals surface area contributed by atoms with Crippen LogP contribution in [-0.4, -0.2) is 48.6 Å². The molecule has 5 heteroatoms. The van der Waals surface area contributed by atoms with Crippen molar-refractivity contribution in [1.29, 1.82) is 0 Å². The summed E-state index contributed by atoms with van der Waals surface area (Å²) in [6, 6.07) is 8.91. The second kappa shape index (κ2) is 5.18. The Morgan fingerprint density at radius 1 is 1.11 bits per heavy atom. The highest BCUT2D eigenvalue weighted by atomic mass is 16.5. The largest absolute Gasteiger partial charge is 0.469 e. The molecule has 148 valence electrons. The standard InChI is InChI=1S/C23H28N2O3/c1-15(26)25-18-7-4-3-6-16(18)22-11-13-24-12-5-8-21(20(22)24)9-10-23(22,25)17(14-21)19(27)28-2/h3-4,6-7,17,20H,5,8-14H2,1-2H3/t17-,20+,21+,22+,23-/m0/s1. The number of hydrogen-bond donors (Lipinski definition) is 0. The van der Waals surface area contributed by atoms with Crippen molar-refractivity contribution in [1.82, 2.24) is 4.90 Å². The van der Waals surface area contributed by atoms with E-state index in [2.05, 4.69) is 23.1 Å². The maximum atomic E-state index is 13.2. The maximum Gasteiger partial charge on any atom is 0.311 e. The molecule has 5 fully saturated rings. The van der Waals surface area contributed by atoms with Gasteiger partial charge in [-0.2, -0.15) is 0 Å². The summed E-state index contributed by atoms with van der Waals surface area (Å²) >= 11 is 0. The second-order valence-corrected chi connectivity index (χ2v) is 9.70. The number of carbonyl (C=O) groups excluding carboxylic acids is 2. The van der Waals surface area contributed by atoms with Crippen molar-refractivity contribution in [3.63, 3.8) is 0 Å². The van der Waals surface area contributed by atoms with Crippen LogP contribution in [-0.2, 0) is 19.7 Å². The Hall–Kier alpha value is -1.88. The van der Waals surface area contributed by atoms with Crippen molar-refractivity contribution in [3.8, 4) is 0 Å². The molecule has 3 aliphatic carbocycles. The minimum atomic E-state index is -0.478. The third-order valence-corrected chi connectivity index (χ3v) is 9.11. The minimum absolute atomic E-state index is 0.0573. The van der Waals surface area contributed by atoms with E-state index in [1.54, 1.807) is 6.92 Å². The van der Waals surface area contributed by atoms with Gasteiger partial charge in [0.05, 0.1) is 18.6 Å². The van der Waals surface area contributed by atoms with Gasteiger partial charge in [-0.1, -0.05) is 18.2 Å². The first kappa shape index (κ1) is 17.0. The van der Waals surface area contributed by atoms with Crippen LogP contribution in [0, 0.1) is 11.3 Å². The van der Waals surface area contributed by atoms with Gasteiger partial charge in [-0.15, -0.1) is 0 Å². The molecule has 3 saturated carbocycles. The number of nitrogens with zero attached hydrogens (tertiary/aromatic N) is 2. The average Bonchev–Trinajstić information content (AvgIpc) is 3.23. The smallest absolute Gasteiger partial charge is 0.311 e. The molecule has 1 amide bonds. The van der Waals surface area contributed by atoms with E-state index in [9.17, 15) is 9.59 Å². The molecule has 6 aliphatic rings. The Labute approximate surface area is 166 Å². The molecule has 3 spiro atoms. The van der Waals surface area contributed by atoms with Crippen molar-refractivity contribution >= 4 is 17.6 Å². The van der Waals surface area contributed by atoms with Gasteiger partial charge in [0.1, 0.15) is 0 Å². The number of methoxy groups -OCH3 is 1. The van der Waals surface area contributed by atoms with Gasteiger partial charge in [-0.25, -0.2) is 0 Å². The topological polar surface area (TPSA) is 49.9 Å². The number of benzene rings is 1. The van der Waals surface area contributed by atoms with Gasteiger partial charge in [-0.05, 0) is 68.7 Å². The van der Waals surface area contributed by atoms with E-state index in [4.69, 9.17) is 4.74 Å². The number of hydrogen-bond acceptors (Lipinski definition) is 4. The fourth-order valence-corrected chi connectivity index (χ4v) is 8.69. The highest BCUT2D eigenvalue weighted by Crippen LogP contribution is 2.75. The predicted octanol–water partition coefficient (Wildman–Crippen LogP) is 2.87. The number of carbonyl (C=O) groups is 2. The summed E-state index contributed by atoms with van der Waals surface area (Å²) in [5.41, 5.74) is 1.89. The number of piperidine rings is 1. The normalized spacial score (nSPS) is 42.7. The summed E-state index contributed by atoms with van der Waals surface area (Å²) < 4.78 is 5.36. The Morgan fingerprint density at radius 2 is 1.93 bits per heavy atom. The first-order chi connectivity index (χ1) is 13.5. The number of anilines is 1. The minimum Gasteiger partial charge on any atom is -0.469 e. The first-order valence-electron chi connectivity index (χ1n) is 10.7. The van der Waals surface area contributed by atoms with E-state index >= 15 is 0 Å². The van der Waals surface area contributed by atoms with E-state index in [1.165, 1.54) is 25.5 Å². The van der Waals surface area contributed by atoms with Crippen molar-refractivity contribution in [2.75, 3.05) is 25.1 Å². The third-order valence-electron chi connectivity index (χ3n) is 9.11. The molecular formula is C23H28N2O3. The highest BCUT2D eigenvalue weighted by Gasteiger charge is 2.81. The van der Waals surface area contributed by atoms with Gasteiger partial charge < -0.3 is 9.64 Å². The van der Waals surface area contributed by atoms with E-state index < -0.39 is 5.54 Å². The van der Waals surface area contributed by atoms with Crippen molar-refractivity contribution in [3.05, 3.63) is 29.8 Å². The van der Waals surface area contributed by atoms with Crippen LogP contribution in [0.1, 0.15) is 51.0 Å². The molecular weight excluding hydrogens is 352 g/mol. The molecule has 0 aromatic heterocycles. The zero-order valence-corrected chi connectivity index (χ0v) is 16.7. The lowest BCUT2D eigenvalue weighted by Crippen LogP contribution is -2.79. The van der Waals surface area contributed by atoms with Crippen LogP contribution in [0.15, 0.2) is 24.3 Å². The number of esters is 1. The number of para-hydroxylation sites is 1. The molecule has 0 unspecified atom stereocenters. The zero-order chi connectivity index (χ0) is 19.3. The van der Waals surface area contributed by atoms with Gasteiger partial charge in [0, 0.05) is 24.1 Å². The fourth-order valence-electron chi connectivity index (χ4n) is 8.69. The lowest BCUT2D eigenvalue weighted by Gasteiger charge is -2.70. The maximum absolute atomic E-state index is 13.2. The number of rotatable bonds is 1. The lowest BCUT2D eigenvalue weighted by atomic mass is 9.38. The Balaban J connectivity index is 1.70. The molecule has 2 saturated heterocycles. The molecule has 5 nitrogen and oxygen atoms in total. The number of ether oxygens (including phenoxy) is 1. The van der Waals surface area contributed by atoms with Gasteiger partial charge in [0.15, 0.2) is 0 Å². The van der Waals surface area contributed by atoms with E-state index in [1.807, 2.05) is 11.0 Å². The Bertz CT molecular complexity index is 900. The molecule has 7 rings (SSSR count). The van der Waals surface area contributed by atoms with Crippen molar-refractivity contribution in [2.24, 2.45) is 11.3 Å². The van der Waals surface area contributed by atoms with Crippen LogP contribution >= 0.6 is 0 Å². The molecule has 0 radical (unpaired) electrons. The zero-order valence-electron chi connectivity index (χ0n) is 16.7. The number of amides is 1. The van der Waals surface area contributed by atoms with E-state index in [-0.39, 0.29) is 28.6 Å².